The van der Waals surface area contributed by atoms with Crippen molar-refractivity contribution < 1.29 is 0 Å². The van der Waals surface area contributed by atoms with Crippen LogP contribution in [0, 0.1) is 0 Å². The Morgan fingerprint density at radius 3 is 2.73 bits per heavy atom. The Morgan fingerprint density at radius 1 is 1.00 bits per heavy atom. The van der Waals surface area contributed by atoms with Gasteiger partial charge < -0.3 is 4.90 Å². The van der Waals surface area contributed by atoms with E-state index >= 15 is 0 Å². The third kappa shape index (κ3) is 2.46. The molecule has 2 aromatic rings. The van der Waals surface area contributed by atoms with Crippen LogP contribution in [0.25, 0.3) is 16.8 Å². The first-order valence-corrected chi connectivity index (χ1v) is 8.23. The number of fused-ring (bicyclic) bond motifs is 1. The van der Waals surface area contributed by atoms with Crippen molar-refractivity contribution in [3.8, 4) is 11.3 Å². The Bertz CT molecular complexity index is 761. The van der Waals surface area contributed by atoms with Gasteiger partial charge in [-0.05, 0) is 30.2 Å². The SMILES string of the molecule is C1=CN2CCSN=C2C(c2ccc(-c3ccccc3)nc2)=C1. The Balaban J connectivity index is 1.67. The van der Waals surface area contributed by atoms with Crippen LogP contribution >= 0.6 is 11.9 Å². The Morgan fingerprint density at radius 2 is 1.91 bits per heavy atom. The van der Waals surface area contributed by atoms with Crippen molar-refractivity contribution in [2.45, 2.75) is 0 Å². The van der Waals surface area contributed by atoms with Gasteiger partial charge in [-0.1, -0.05) is 36.4 Å². The third-order valence-electron chi connectivity index (χ3n) is 3.76. The monoisotopic (exact) mass is 305 g/mol. The van der Waals surface area contributed by atoms with Crippen molar-refractivity contribution in [1.29, 1.82) is 0 Å². The summed E-state index contributed by atoms with van der Waals surface area (Å²) in [5.74, 6) is 2.07. The van der Waals surface area contributed by atoms with E-state index in [0.717, 1.165) is 40.5 Å². The van der Waals surface area contributed by atoms with E-state index in [1.165, 1.54) is 0 Å². The van der Waals surface area contributed by atoms with E-state index in [9.17, 15) is 0 Å². The highest BCUT2D eigenvalue weighted by Crippen LogP contribution is 2.27. The van der Waals surface area contributed by atoms with E-state index in [-0.39, 0.29) is 0 Å². The molecule has 22 heavy (non-hydrogen) atoms. The Kier molecular flexibility index (Phi) is 3.52. The van der Waals surface area contributed by atoms with E-state index in [4.69, 9.17) is 0 Å². The van der Waals surface area contributed by atoms with Gasteiger partial charge in [0.15, 0.2) is 0 Å². The van der Waals surface area contributed by atoms with E-state index in [1.807, 2.05) is 24.4 Å². The molecule has 0 atom stereocenters. The van der Waals surface area contributed by atoms with Gasteiger partial charge in [-0.25, -0.2) is 0 Å². The highest BCUT2D eigenvalue weighted by molar-refractivity contribution is 7.98. The fraction of sp³-hybridized carbons (Fsp3) is 0.111. The number of pyridine rings is 1. The third-order valence-corrected chi connectivity index (χ3v) is 4.43. The van der Waals surface area contributed by atoms with Gasteiger partial charge in [-0.15, -0.1) is 0 Å². The summed E-state index contributed by atoms with van der Waals surface area (Å²) in [5, 5.41) is 0. The minimum atomic E-state index is 0.994. The highest BCUT2D eigenvalue weighted by Gasteiger charge is 2.21. The lowest BCUT2D eigenvalue weighted by atomic mass is 10.0. The molecule has 3 nitrogen and oxygen atoms in total. The average Bonchev–Trinajstić information content (AvgIpc) is 2.62. The minimum absolute atomic E-state index is 0.994. The van der Waals surface area contributed by atoms with Gasteiger partial charge in [0.05, 0.1) is 5.69 Å². The number of amidine groups is 1. The number of nitrogens with zero attached hydrogens (tertiary/aromatic N) is 3. The van der Waals surface area contributed by atoms with Gasteiger partial charge in [-0.2, -0.15) is 4.40 Å². The minimum Gasteiger partial charge on any atom is -0.331 e. The van der Waals surface area contributed by atoms with Gasteiger partial charge in [-0.3, -0.25) is 4.98 Å². The lowest BCUT2D eigenvalue weighted by molar-refractivity contribution is 0.594. The second-order valence-electron chi connectivity index (χ2n) is 5.16. The van der Waals surface area contributed by atoms with Crippen molar-refractivity contribution in [2.24, 2.45) is 4.40 Å². The quantitative estimate of drug-likeness (QED) is 0.785. The molecule has 0 saturated heterocycles. The molecule has 0 N–H and O–H groups in total. The Labute approximate surface area is 134 Å². The molecule has 4 rings (SSSR count). The molecule has 0 amide bonds. The normalized spacial score (nSPS) is 16.8. The van der Waals surface area contributed by atoms with Crippen LogP contribution in [0.2, 0.25) is 0 Å². The maximum Gasteiger partial charge on any atom is 0.148 e. The highest BCUT2D eigenvalue weighted by atomic mass is 32.2. The molecule has 0 spiro atoms. The average molecular weight is 305 g/mol. The van der Waals surface area contributed by atoms with Crippen molar-refractivity contribution >= 4 is 23.4 Å². The zero-order chi connectivity index (χ0) is 14.8. The van der Waals surface area contributed by atoms with E-state index in [0.29, 0.717) is 0 Å². The number of aromatic nitrogens is 1. The zero-order valence-electron chi connectivity index (χ0n) is 12.0. The number of allylic oxidation sites excluding steroid dienone is 2. The maximum absolute atomic E-state index is 4.62. The van der Waals surface area contributed by atoms with Crippen molar-refractivity contribution in [3.63, 3.8) is 0 Å². The van der Waals surface area contributed by atoms with Crippen LogP contribution in [0.4, 0.5) is 0 Å². The maximum atomic E-state index is 4.62. The number of hydrogen-bond donors (Lipinski definition) is 0. The molecule has 0 bridgehead atoms. The van der Waals surface area contributed by atoms with Crippen LogP contribution < -0.4 is 0 Å². The number of benzene rings is 1. The molecule has 0 unspecified atom stereocenters. The van der Waals surface area contributed by atoms with Crippen LogP contribution in [-0.4, -0.2) is 28.0 Å². The molecular formula is C18H15N3S. The molecular weight excluding hydrogens is 290 g/mol. The fourth-order valence-corrected chi connectivity index (χ4v) is 3.32. The topological polar surface area (TPSA) is 28.5 Å². The van der Waals surface area contributed by atoms with Crippen LogP contribution in [0.1, 0.15) is 5.56 Å². The lowest BCUT2D eigenvalue weighted by Crippen LogP contribution is -2.32. The fourth-order valence-electron chi connectivity index (χ4n) is 2.63. The molecule has 0 fully saturated rings. The second-order valence-corrected chi connectivity index (χ2v) is 6.01. The van der Waals surface area contributed by atoms with Crippen molar-refractivity contribution in [3.05, 3.63) is 72.6 Å². The van der Waals surface area contributed by atoms with Crippen LogP contribution in [-0.2, 0) is 0 Å². The van der Waals surface area contributed by atoms with Crippen molar-refractivity contribution in [2.75, 3.05) is 12.3 Å². The summed E-state index contributed by atoms with van der Waals surface area (Å²) in [6, 6.07) is 14.4. The van der Waals surface area contributed by atoms with Gasteiger partial charge in [0, 0.05) is 41.4 Å². The summed E-state index contributed by atoms with van der Waals surface area (Å²) >= 11 is 1.63. The zero-order valence-corrected chi connectivity index (χ0v) is 12.8. The van der Waals surface area contributed by atoms with Gasteiger partial charge in [0.2, 0.25) is 0 Å². The van der Waals surface area contributed by atoms with Gasteiger partial charge >= 0.3 is 0 Å². The smallest absolute Gasteiger partial charge is 0.148 e. The summed E-state index contributed by atoms with van der Waals surface area (Å²) < 4.78 is 4.60. The van der Waals surface area contributed by atoms with Gasteiger partial charge in [0.25, 0.3) is 0 Å². The number of rotatable bonds is 2. The molecule has 4 heteroatoms. The molecule has 1 aromatic heterocycles. The molecule has 2 aliphatic rings. The van der Waals surface area contributed by atoms with E-state index < -0.39 is 0 Å². The summed E-state index contributed by atoms with van der Waals surface area (Å²) in [5.41, 5.74) is 4.38. The summed E-state index contributed by atoms with van der Waals surface area (Å²) in [6.45, 7) is 1.01. The molecule has 1 aromatic carbocycles. The molecule has 3 heterocycles. The largest absolute Gasteiger partial charge is 0.331 e. The summed E-state index contributed by atoms with van der Waals surface area (Å²) in [6.07, 6.45) is 8.22. The first-order chi connectivity index (χ1) is 10.9. The Hall–Kier alpha value is -2.33. The first kappa shape index (κ1) is 13.3. The molecule has 108 valence electrons. The predicted molar refractivity (Wildman–Crippen MR) is 93.4 cm³/mol. The molecule has 0 aliphatic carbocycles. The van der Waals surface area contributed by atoms with Crippen LogP contribution in [0.3, 0.4) is 0 Å². The van der Waals surface area contributed by atoms with E-state index in [2.05, 4.69) is 56.9 Å². The lowest BCUT2D eigenvalue weighted by Gasteiger charge is -2.29. The van der Waals surface area contributed by atoms with Gasteiger partial charge in [0.1, 0.15) is 5.84 Å². The van der Waals surface area contributed by atoms with Crippen molar-refractivity contribution in [1.82, 2.24) is 9.88 Å². The summed E-state index contributed by atoms with van der Waals surface area (Å²) in [4.78, 5) is 6.82. The standard InChI is InChI=1S/C18H15N3S/c1-2-5-14(6-3-1)17-9-8-15(13-19-17)16-7-4-10-21-11-12-22-20-18(16)21/h1-10,13H,11-12H2. The second kappa shape index (κ2) is 5.81. The predicted octanol–water partition coefficient (Wildman–Crippen LogP) is 4.02. The number of hydrogen-bond acceptors (Lipinski definition) is 4. The summed E-state index contributed by atoms with van der Waals surface area (Å²) in [7, 11) is 0. The van der Waals surface area contributed by atoms with Crippen LogP contribution in [0.15, 0.2) is 71.4 Å². The van der Waals surface area contributed by atoms with E-state index in [1.54, 1.807) is 11.9 Å². The van der Waals surface area contributed by atoms with Crippen LogP contribution in [0.5, 0.6) is 0 Å². The molecule has 0 radical (unpaired) electrons. The first-order valence-electron chi connectivity index (χ1n) is 7.29. The molecule has 2 aliphatic heterocycles. The molecule has 0 saturated carbocycles.